The van der Waals surface area contributed by atoms with E-state index in [1.807, 2.05) is 25.5 Å². The van der Waals surface area contributed by atoms with E-state index in [1.165, 1.54) is 12.7 Å². The van der Waals surface area contributed by atoms with Gasteiger partial charge in [0.2, 0.25) is 5.88 Å². The Bertz CT molecular complexity index is 825. The Hall–Kier alpha value is -2.08. The largest absolute Gasteiger partial charge is 0.460 e. The third-order valence-electron chi connectivity index (χ3n) is 4.20. The SMILES string of the molecule is COC(=S)Oc1c(-c2c(C)cc(C)cc2C)c(=O)n2n1CCC2. The molecule has 5 nitrogen and oxygen atoms in total. The number of methoxy groups -OCH3 is 1. The van der Waals surface area contributed by atoms with E-state index in [0.717, 1.165) is 29.7 Å². The monoisotopic (exact) mass is 332 g/mol. The lowest BCUT2D eigenvalue weighted by molar-refractivity contribution is 0.301. The van der Waals surface area contributed by atoms with Gasteiger partial charge in [-0.1, -0.05) is 17.7 Å². The van der Waals surface area contributed by atoms with E-state index < -0.39 is 0 Å². The van der Waals surface area contributed by atoms with Gasteiger partial charge in [-0.15, -0.1) is 0 Å². The molecule has 0 bridgehead atoms. The average Bonchev–Trinajstić information content (AvgIpc) is 3.04. The summed E-state index contributed by atoms with van der Waals surface area (Å²) in [5.41, 5.74) is 4.73. The Kier molecular flexibility index (Phi) is 4.02. The minimum Gasteiger partial charge on any atom is -0.460 e. The molecule has 0 radical (unpaired) electrons. The fourth-order valence-corrected chi connectivity index (χ4v) is 3.48. The van der Waals surface area contributed by atoms with E-state index in [0.29, 0.717) is 18.0 Å². The molecule has 0 fully saturated rings. The highest BCUT2D eigenvalue weighted by Crippen LogP contribution is 2.35. The van der Waals surface area contributed by atoms with Crippen molar-refractivity contribution in [2.24, 2.45) is 0 Å². The van der Waals surface area contributed by atoms with Crippen LogP contribution in [0.4, 0.5) is 0 Å². The second-order valence-corrected chi connectivity index (χ2v) is 6.25. The summed E-state index contributed by atoms with van der Waals surface area (Å²) in [7, 11) is 1.46. The zero-order valence-electron chi connectivity index (χ0n) is 13.8. The van der Waals surface area contributed by atoms with Crippen LogP contribution in [0.15, 0.2) is 16.9 Å². The van der Waals surface area contributed by atoms with Crippen LogP contribution in [0.25, 0.3) is 11.1 Å². The molecule has 0 spiro atoms. The minimum atomic E-state index is -0.0357. The molecule has 6 heteroatoms. The number of nitrogens with zero attached hydrogens (tertiary/aromatic N) is 2. The van der Waals surface area contributed by atoms with E-state index in [-0.39, 0.29) is 10.8 Å². The Balaban J connectivity index is 2.28. The van der Waals surface area contributed by atoms with Crippen molar-refractivity contribution in [3.8, 4) is 17.0 Å². The average molecular weight is 332 g/mol. The molecule has 3 rings (SSSR count). The smallest absolute Gasteiger partial charge is 0.358 e. The first-order valence-corrected chi connectivity index (χ1v) is 8.02. The molecule has 0 unspecified atom stereocenters. The number of benzene rings is 1. The summed E-state index contributed by atoms with van der Waals surface area (Å²) in [6.45, 7) is 7.51. The van der Waals surface area contributed by atoms with Gasteiger partial charge in [0.1, 0.15) is 5.56 Å². The van der Waals surface area contributed by atoms with E-state index >= 15 is 0 Å². The normalized spacial score (nSPS) is 13.0. The second kappa shape index (κ2) is 5.85. The van der Waals surface area contributed by atoms with Crippen molar-refractivity contribution in [2.45, 2.75) is 40.3 Å². The molecule has 1 aliphatic heterocycles. The van der Waals surface area contributed by atoms with Gasteiger partial charge in [-0.2, -0.15) is 0 Å². The fourth-order valence-electron chi connectivity index (χ4n) is 3.40. The van der Waals surface area contributed by atoms with Crippen LogP contribution in [-0.4, -0.2) is 21.7 Å². The number of hydrogen-bond acceptors (Lipinski definition) is 4. The van der Waals surface area contributed by atoms with E-state index in [4.69, 9.17) is 21.7 Å². The van der Waals surface area contributed by atoms with Crippen molar-refractivity contribution in [2.75, 3.05) is 7.11 Å². The molecule has 122 valence electrons. The quantitative estimate of drug-likeness (QED) is 0.793. The zero-order valence-corrected chi connectivity index (χ0v) is 14.6. The number of ether oxygens (including phenoxy) is 2. The Morgan fingerprint density at radius 2 is 1.70 bits per heavy atom. The third kappa shape index (κ3) is 2.57. The lowest BCUT2D eigenvalue weighted by Gasteiger charge is -2.13. The Morgan fingerprint density at radius 3 is 2.30 bits per heavy atom. The zero-order chi connectivity index (χ0) is 16.7. The van der Waals surface area contributed by atoms with Gasteiger partial charge >= 0.3 is 5.24 Å². The third-order valence-corrected chi connectivity index (χ3v) is 4.45. The van der Waals surface area contributed by atoms with Crippen LogP contribution in [0, 0.1) is 20.8 Å². The Morgan fingerprint density at radius 1 is 1.09 bits per heavy atom. The molecule has 0 atom stereocenters. The molecule has 0 aliphatic carbocycles. The maximum atomic E-state index is 12.9. The lowest BCUT2D eigenvalue weighted by atomic mass is 9.95. The predicted molar refractivity (Wildman–Crippen MR) is 93.2 cm³/mol. The number of rotatable bonds is 2. The minimum absolute atomic E-state index is 0.0152. The van der Waals surface area contributed by atoms with Crippen LogP contribution in [0.5, 0.6) is 5.88 Å². The van der Waals surface area contributed by atoms with Crippen molar-refractivity contribution in [1.29, 1.82) is 0 Å². The topological polar surface area (TPSA) is 45.4 Å². The first-order chi connectivity index (χ1) is 10.9. The van der Waals surface area contributed by atoms with Gasteiger partial charge in [-0.05, 0) is 43.9 Å². The summed E-state index contributed by atoms with van der Waals surface area (Å²) in [6.07, 6.45) is 0.914. The fraction of sp³-hybridized carbons (Fsp3) is 0.412. The van der Waals surface area contributed by atoms with E-state index in [2.05, 4.69) is 12.1 Å². The summed E-state index contributed by atoms with van der Waals surface area (Å²) in [5, 5.41) is 0.0152. The molecule has 0 N–H and O–H groups in total. The molecule has 1 aromatic carbocycles. The summed E-state index contributed by atoms with van der Waals surface area (Å²) >= 11 is 5.04. The van der Waals surface area contributed by atoms with Crippen LogP contribution >= 0.6 is 12.2 Å². The molecular formula is C17H20N2O3S. The molecule has 1 aromatic heterocycles. The summed E-state index contributed by atoms with van der Waals surface area (Å²) < 4.78 is 14.3. The van der Waals surface area contributed by atoms with E-state index in [1.54, 1.807) is 4.68 Å². The number of fused-ring (bicyclic) bond motifs is 1. The van der Waals surface area contributed by atoms with Crippen LogP contribution < -0.4 is 10.3 Å². The van der Waals surface area contributed by atoms with Crippen LogP contribution in [0.3, 0.4) is 0 Å². The maximum Gasteiger partial charge on any atom is 0.358 e. The molecule has 23 heavy (non-hydrogen) atoms. The first kappa shape index (κ1) is 15.8. The molecule has 0 saturated carbocycles. The van der Waals surface area contributed by atoms with Crippen molar-refractivity contribution < 1.29 is 9.47 Å². The maximum absolute atomic E-state index is 12.9. The van der Waals surface area contributed by atoms with Crippen molar-refractivity contribution in [3.05, 3.63) is 39.2 Å². The second-order valence-electron chi connectivity index (χ2n) is 5.92. The first-order valence-electron chi connectivity index (χ1n) is 7.61. The number of hydrogen-bond donors (Lipinski definition) is 0. The van der Waals surface area contributed by atoms with Gasteiger partial charge in [-0.25, -0.2) is 4.68 Å². The molecule has 0 amide bonds. The van der Waals surface area contributed by atoms with Gasteiger partial charge in [0.15, 0.2) is 0 Å². The highest BCUT2D eigenvalue weighted by atomic mass is 32.1. The highest BCUT2D eigenvalue weighted by molar-refractivity contribution is 7.79. The molecule has 2 aromatic rings. The summed E-state index contributed by atoms with van der Waals surface area (Å²) in [6, 6.07) is 4.15. The van der Waals surface area contributed by atoms with E-state index in [9.17, 15) is 4.79 Å². The lowest BCUT2D eigenvalue weighted by Crippen LogP contribution is -2.17. The number of aromatic nitrogens is 2. The van der Waals surface area contributed by atoms with Crippen molar-refractivity contribution in [3.63, 3.8) is 0 Å². The molecule has 2 heterocycles. The predicted octanol–water partition coefficient (Wildman–Crippen LogP) is 2.96. The molecular weight excluding hydrogens is 312 g/mol. The number of aryl methyl sites for hydroxylation is 3. The Labute approximate surface area is 140 Å². The molecule has 1 aliphatic rings. The van der Waals surface area contributed by atoms with Crippen molar-refractivity contribution in [1.82, 2.24) is 9.36 Å². The number of thiocarbonyl (C=S) groups is 1. The van der Waals surface area contributed by atoms with Crippen molar-refractivity contribution >= 4 is 17.5 Å². The van der Waals surface area contributed by atoms with Crippen LogP contribution in [0.1, 0.15) is 23.1 Å². The van der Waals surface area contributed by atoms with Crippen LogP contribution in [-0.2, 0) is 17.8 Å². The van der Waals surface area contributed by atoms with Gasteiger partial charge in [0, 0.05) is 25.3 Å². The molecule has 0 saturated heterocycles. The summed E-state index contributed by atoms with van der Waals surface area (Å²) in [4.78, 5) is 12.9. The van der Waals surface area contributed by atoms with Gasteiger partial charge in [-0.3, -0.25) is 9.48 Å². The van der Waals surface area contributed by atoms with Gasteiger partial charge < -0.3 is 9.47 Å². The van der Waals surface area contributed by atoms with Gasteiger partial charge in [0.25, 0.3) is 5.56 Å². The van der Waals surface area contributed by atoms with Gasteiger partial charge in [0.05, 0.1) is 7.11 Å². The standard InChI is InChI=1S/C17H20N2O3S/c1-10-8-11(2)13(12(3)9-10)14-15(20)18-6-5-7-19(18)16(14)22-17(23)21-4/h8-9H,5-7H2,1-4H3. The summed E-state index contributed by atoms with van der Waals surface area (Å²) in [5.74, 6) is 0.481. The van der Waals surface area contributed by atoms with Crippen LogP contribution in [0.2, 0.25) is 0 Å². The highest BCUT2D eigenvalue weighted by Gasteiger charge is 2.28.